The Kier molecular flexibility index (Phi) is 5.93. The van der Waals surface area contributed by atoms with Gasteiger partial charge in [0.05, 0.1) is 18.7 Å². The number of benzene rings is 2. The van der Waals surface area contributed by atoms with Crippen LogP contribution < -0.4 is 20.5 Å². The summed E-state index contributed by atoms with van der Waals surface area (Å²) in [5, 5.41) is 3.17. The number of nitrogens with two attached hydrogens (primary N) is 1. The molecule has 0 aliphatic rings. The lowest BCUT2D eigenvalue weighted by molar-refractivity contribution is 0.102. The van der Waals surface area contributed by atoms with Crippen LogP contribution in [0.25, 0.3) is 0 Å². The van der Waals surface area contributed by atoms with Crippen LogP contribution in [0.5, 0.6) is 11.5 Å². The minimum Gasteiger partial charge on any atom is -0.493 e. The maximum absolute atomic E-state index is 12.5. The molecule has 5 nitrogen and oxygen atoms in total. The van der Waals surface area contributed by atoms with E-state index in [9.17, 15) is 4.79 Å². The molecule has 0 aromatic heterocycles. The van der Waals surface area contributed by atoms with E-state index < -0.39 is 0 Å². The zero-order chi connectivity index (χ0) is 17.7. The van der Waals surface area contributed by atoms with E-state index in [1.807, 2.05) is 19.9 Å². The highest BCUT2D eigenvalue weighted by Crippen LogP contribution is 2.36. The van der Waals surface area contributed by atoms with Gasteiger partial charge in [0.15, 0.2) is 11.5 Å². The number of carbonyl (C=O) groups is 1. The molecule has 0 radical (unpaired) electrons. The van der Waals surface area contributed by atoms with Crippen molar-refractivity contribution in [1.82, 2.24) is 0 Å². The molecular formula is C18H21ClN2O3. The van der Waals surface area contributed by atoms with E-state index in [0.29, 0.717) is 40.1 Å². The van der Waals surface area contributed by atoms with E-state index in [0.717, 1.165) is 12.0 Å². The van der Waals surface area contributed by atoms with Crippen molar-refractivity contribution >= 4 is 28.9 Å². The van der Waals surface area contributed by atoms with E-state index in [4.69, 9.17) is 26.8 Å². The molecule has 0 fully saturated rings. The van der Waals surface area contributed by atoms with Crippen LogP contribution in [0.15, 0.2) is 30.3 Å². The van der Waals surface area contributed by atoms with Crippen LogP contribution >= 0.6 is 11.6 Å². The average molecular weight is 349 g/mol. The number of hydrogen-bond acceptors (Lipinski definition) is 4. The number of ether oxygens (including phenoxy) is 2. The molecule has 24 heavy (non-hydrogen) atoms. The number of halogens is 1. The minimum absolute atomic E-state index is 0.300. The van der Waals surface area contributed by atoms with Gasteiger partial charge in [-0.25, -0.2) is 0 Å². The number of hydrogen-bond donors (Lipinski definition) is 2. The van der Waals surface area contributed by atoms with Crippen molar-refractivity contribution < 1.29 is 14.3 Å². The lowest BCUT2D eigenvalue weighted by Gasteiger charge is -2.14. The predicted octanol–water partition coefficient (Wildman–Crippen LogP) is 4.28. The molecule has 3 N–H and O–H groups in total. The summed E-state index contributed by atoms with van der Waals surface area (Å²) in [4.78, 5) is 12.5. The van der Waals surface area contributed by atoms with Crippen LogP contribution in [0.1, 0.15) is 29.3 Å². The summed E-state index contributed by atoms with van der Waals surface area (Å²) in [7, 11) is 1.51. The summed E-state index contributed by atoms with van der Waals surface area (Å²) < 4.78 is 10.9. The molecule has 2 rings (SSSR count). The van der Waals surface area contributed by atoms with E-state index >= 15 is 0 Å². The summed E-state index contributed by atoms with van der Waals surface area (Å²) in [5.74, 6) is 0.564. The third kappa shape index (κ3) is 4.11. The highest BCUT2D eigenvalue weighted by Gasteiger charge is 2.16. The number of amides is 1. The molecule has 2 aromatic carbocycles. The standard InChI is InChI=1S/C18H21ClN2O3/c1-4-7-24-17-14(19)8-12(9-16(17)23-3)18(22)21-15-10-13(20)6-5-11(15)2/h5-6,8-10H,4,7,20H2,1-3H3,(H,21,22). The first kappa shape index (κ1) is 17.9. The molecule has 2 aromatic rings. The quantitative estimate of drug-likeness (QED) is 0.764. The van der Waals surface area contributed by atoms with E-state index in [1.165, 1.54) is 7.11 Å². The Morgan fingerprint density at radius 3 is 2.71 bits per heavy atom. The molecule has 0 spiro atoms. The van der Waals surface area contributed by atoms with Gasteiger partial charge in [-0.3, -0.25) is 4.79 Å². The number of rotatable bonds is 6. The fourth-order valence-electron chi connectivity index (χ4n) is 2.16. The van der Waals surface area contributed by atoms with Gasteiger partial charge in [-0.15, -0.1) is 0 Å². The molecule has 0 aliphatic carbocycles. The third-order valence-electron chi connectivity index (χ3n) is 3.45. The Balaban J connectivity index is 2.29. The Bertz CT molecular complexity index is 747. The highest BCUT2D eigenvalue weighted by molar-refractivity contribution is 6.32. The monoisotopic (exact) mass is 348 g/mol. The smallest absolute Gasteiger partial charge is 0.255 e. The molecule has 0 saturated carbocycles. The zero-order valence-corrected chi connectivity index (χ0v) is 14.7. The molecule has 6 heteroatoms. The van der Waals surface area contributed by atoms with Gasteiger partial charge >= 0.3 is 0 Å². The SMILES string of the molecule is CCCOc1c(Cl)cc(C(=O)Nc2cc(N)ccc2C)cc1OC. The third-order valence-corrected chi connectivity index (χ3v) is 3.73. The predicted molar refractivity (Wildman–Crippen MR) is 97.3 cm³/mol. The van der Waals surface area contributed by atoms with Gasteiger partial charge < -0.3 is 20.5 Å². The molecule has 0 unspecified atom stereocenters. The van der Waals surface area contributed by atoms with Crippen molar-refractivity contribution in [3.05, 3.63) is 46.5 Å². The van der Waals surface area contributed by atoms with Crippen molar-refractivity contribution in [2.75, 3.05) is 24.8 Å². The molecular weight excluding hydrogens is 328 g/mol. The average Bonchev–Trinajstić information content (AvgIpc) is 2.56. The van der Waals surface area contributed by atoms with Gasteiger partial charge in [-0.1, -0.05) is 24.6 Å². The van der Waals surface area contributed by atoms with Gasteiger partial charge in [0.2, 0.25) is 0 Å². The number of nitrogens with one attached hydrogen (secondary N) is 1. The topological polar surface area (TPSA) is 73.6 Å². The van der Waals surface area contributed by atoms with Gasteiger partial charge in [0.25, 0.3) is 5.91 Å². The Labute approximate surface area is 146 Å². The number of aryl methyl sites for hydroxylation is 1. The Morgan fingerprint density at radius 2 is 2.04 bits per heavy atom. The maximum atomic E-state index is 12.5. The van der Waals surface area contributed by atoms with Crippen LogP contribution in [-0.2, 0) is 0 Å². The summed E-state index contributed by atoms with van der Waals surface area (Å²) >= 11 is 6.25. The summed E-state index contributed by atoms with van der Waals surface area (Å²) in [6.07, 6.45) is 0.844. The van der Waals surface area contributed by atoms with Crippen molar-refractivity contribution in [1.29, 1.82) is 0 Å². The second kappa shape index (κ2) is 7.93. The van der Waals surface area contributed by atoms with E-state index in [2.05, 4.69) is 5.32 Å². The number of carbonyl (C=O) groups excluding carboxylic acids is 1. The first-order valence-corrected chi connectivity index (χ1v) is 8.01. The largest absolute Gasteiger partial charge is 0.493 e. The first-order valence-electron chi connectivity index (χ1n) is 7.64. The summed E-state index contributed by atoms with van der Waals surface area (Å²) in [6, 6.07) is 8.51. The fraction of sp³-hybridized carbons (Fsp3) is 0.278. The van der Waals surface area contributed by atoms with E-state index in [-0.39, 0.29) is 5.91 Å². The Hall–Kier alpha value is -2.40. The second-order valence-corrected chi connectivity index (χ2v) is 5.77. The lowest BCUT2D eigenvalue weighted by atomic mass is 10.1. The van der Waals surface area contributed by atoms with Crippen LogP contribution in [0.2, 0.25) is 5.02 Å². The number of anilines is 2. The summed E-state index contributed by atoms with van der Waals surface area (Å²) in [5.41, 5.74) is 8.29. The van der Waals surface area contributed by atoms with Crippen LogP contribution in [-0.4, -0.2) is 19.6 Å². The van der Waals surface area contributed by atoms with Gasteiger partial charge in [0, 0.05) is 16.9 Å². The van der Waals surface area contributed by atoms with Crippen molar-refractivity contribution in [3.63, 3.8) is 0 Å². The summed E-state index contributed by atoms with van der Waals surface area (Å²) in [6.45, 7) is 4.41. The van der Waals surface area contributed by atoms with Crippen LogP contribution in [0, 0.1) is 6.92 Å². The van der Waals surface area contributed by atoms with Crippen molar-refractivity contribution in [2.24, 2.45) is 0 Å². The molecule has 0 saturated heterocycles. The molecule has 0 aliphatic heterocycles. The second-order valence-electron chi connectivity index (χ2n) is 5.37. The molecule has 0 bridgehead atoms. The van der Waals surface area contributed by atoms with Crippen molar-refractivity contribution in [3.8, 4) is 11.5 Å². The van der Waals surface area contributed by atoms with Crippen LogP contribution in [0.4, 0.5) is 11.4 Å². The van der Waals surface area contributed by atoms with E-state index in [1.54, 1.807) is 24.3 Å². The van der Waals surface area contributed by atoms with Gasteiger partial charge in [0.1, 0.15) is 0 Å². The Morgan fingerprint density at radius 1 is 1.29 bits per heavy atom. The molecule has 1 amide bonds. The fourth-order valence-corrected chi connectivity index (χ4v) is 2.43. The minimum atomic E-state index is -0.300. The lowest BCUT2D eigenvalue weighted by Crippen LogP contribution is -2.13. The molecule has 0 heterocycles. The van der Waals surface area contributed by atoms with Gasteiger partial charge in [-0.05, 0) is 43.2 Å². The maximum Gasteiger partial charge on any atom is 0.255 e. The normalized spacial score (nSPS) is 10.3. The number of methoxy groups -OCH3 is 1. The van der Waals surface area contributed by atoms with Crippen LogP contribution in [0.3, 0.4) is 0 Å². The first-order chi connectivity index (χ1) is 11.5. The zero-order valence-electron chi connectivity index (χ0n) is 14.0. The van der Waals surface area contributed by atoms with Crippen molar-refractivity contribution in [2.45, 2.75) is 20.3 Å². The van der Waals surface area contributed by atoms with Gasteiger partial charge in [-0.2, -0.15) is 0 Å². The highest BCUT2D eigenvalue weighted by atomic mass is 35.5. The number of nitrogen functional groups attached to an aromatic ring is 1. The molecule has 0 atom stereocenters. The molecule has 128 valence electrons.